The summed E-state index contributed by atoms with van der Waals surface area (Å²) in [5.41, 5.74) is 0.682. The van der Waals surface area contributed by atoms with Gasteiger partial charge in [-0.05, 0) is 18.1 Å². The van der Waals surface area contributed by atoms with E-state index >= 15 is 0 Å². The maximum absolute atomic E-state index is 12.2. The van der Waals surface area contributed by atoms with Gasteiger partial charge in [-0.2, -0.15) is 0 Å². The Morgan fingerprint density at radius 3 is 2.68 bits per heavy atom. The molecule has 1 aromatic rings. The second-order valence-electron chi connectivity index (χ2n) is 4.53. The van der Waals surface area contributed by atoms with E-state index in [0.29, 0.717) is 12.0 Å². The highest BCUT2D eigenvalue weighted by Gasteiger charge is 2.35. The van der Waals surface area contributed by atoms with Crippen LogP contribution in [0.15, 0.2) is 28.7 Å². The van der Waals surface area contributed by atoms with Crippen LogP contribution in [0.3, 0.4) is 0 Å². The first-order valence-corrected chi connectivity index (χ1v) is 8.24. The topological polar surface area (TPSA) is 74.7 Å². The fourth-order valence-corrected chi connectivity index (χ4v) is 4.31. The summed E-state index contributed by atoms with van der Waals surface area (Å²) in [6, 6.07) is 7.12. The van der Waals surface area contributed by atoms with Crippen LogP contribution in [0.25, 0.3) is 0 Å². The normalized spacial score (nSPS) is 20.6. The molecule has 2 rings (SSSR count). The SMILES string of the molecule is O=C(O)C1CCN(S(=O)(=O)Cc2ccccc2Br)C1. The number of benzene rings is 1. The summed E-state index contributed by atoms with van der Waals surface area (Å²) >= 11 is 3.32. The van der Waals surface area contributed by atoms with Gasteiger partial charge >= 0.3 is 5.97 Å². The molecule has 1 heterocycles. The number of hydrogen-bond donors (Lipinski definition) is 1. The first-order valence-electron chi connectivity index (χ1n) is 5.84. The third-order valence-corrected chi connectivity index (χ3v) is 5.76. The zero-order valence-corrected chi connectivity index (χ0v) is 12.5. The first-order chi connectivity index (χ1) is 8.90. The van der Waals surface area contributed by atoms with E-state index in [4.69, 9.17) is 5.11 Å². The molecule has 19 heavy (non-hydrogen) atoms. The summed E-state index contributed by atoms with van der Waals surface area (Å²) in [5, 5.41) is 8.90. The number of rotatable bonds is 4. The lowest BCUT2D eigenvalue weighted by Crippen LogP contribution is -2.31. The molecule has 0 aromatic heterocycles. The van der Waals surface area contributed by atoms with Crippen LogP contribution >= 0.6 is 15.9 Å². The molecule has 1 unspecified atom stereocenters. The molecule has 0 spiro atoms. The van der Waals surface area contributed by atoms with E-state index in [1.54, 1.807) is 18.2 Å². The van der Waals surface area contributed by atoms with Gasteiger partial charge in [0.15, 0.2) is 0 Å². The third kappa shape index (κ3) is 3.34. The number of carboxylic acid groups (broad SMARTS) is 1. The van der Waals surface area contributed by atoms with Crippen LogP contribution in [0.5, 0.6) is 0 Å². The molecule has 0 bridgehead atoms. The second-order valence-corrected chi connectivity index (χ2v) is 7.35. The molecule has 0 aliphatic carbocycles. The average molecular weight is 348 g/mol. The van der Waals surface area contributed by atoms with Gasteiger partial charge in [-0.3, -0.25) is 4.79 Å². The van der Waals surface area contributed by atoms with Gasteiger partial charge in [0.1, 0.15) is 0 Å². The van der Waals surface area contributed by atoms with Gasteiger partial charge in [0.2, 0.25) is 10.0 Å². The Morgan fingerprint density at radius 1 is 1.42 bits per heavy atom. The van der Waals surface area contributed by atoms with Crippen LogP contribution in [-0.4, -0.2) is 36.9 Å². The minimum absolute atomic E-state index is 0.0715. The molecule has 1 N–H and O–H groups in total. The molecular weight excluding hydrogens is 334 g/mol. The zero-order valence-electron chi connectivity index (χ0n) is 10.1. The second kappa shape index (κ2) is 5.60. The number of carbonyl (C=O) groups is 1. The number of sulfonamides is 1. The Labute approximate surface area is 120 Å². The van der Waals surface area contributed by atoms with E-state index in [9.17, 15) is 13.2 Å². The van der Waals surface area contributed by atoms with Crippen molar-refractivity contribution in [3.63, 3.8) is 0 Å². The molecule has 1 fully saturated rings. The Bertz CT molecular complexity index is 587. The number of halogens is 1. The van der Waals surface area contributed by atoms with Crippen LogP contribution in [0.1, 0.15) is 12.0 Å². The maximum atomic E-state index is 12.2. The summed E-state index contributed by atoms with van der Waals surface area (Å²) in [4.78, 5) is 10.9. The van der Waals surface area contributed by atoms with E-state index in [2.05, 4.69) is 15.9 Å². The summed E-state index contributed by atoms with van der Waals surface area (Å²) in [6.45, 7) is 0.353. The summed E-state index contributed by atoms with van der Waals surface area (Å²) in [7, 11) is -3.46. The van der Waals surface area contributed by atoms with E-state index in [-0.39, 0.29) is 18.8 Å². The molecule has 7 heteroatoms. The molecule has 0 radical (unpaired) electrons. The number of carboxylic acids is 1. The lowest BCUT2D eigenvalue weighted by atomic mass is 10.1. The van der Waals surface area contributed by atoms with E-state index < -0.39 is 21.9 Å². The minimum atomic E-state index is -3.46. The van der Waals surface area contributed by atoms with Gasteiger partial charge in [0.25, 0.3) is 0 Å². The number of nitrogens with zero attached hydrogens (tertiary/aromatic N) is 1. The fraction of sp³-hybridized carbons (Fsp3) is 0.417. The minimum Gasteiger partial charge on any atom is -0.481 e. The van der Waals surface area contributed by atoms with Gasteiger partial charge < -0.3 is 5.11 Å². The van der Waals surface area contributed by atoms with Gasteiger partial charge in [-0.1, -0.05) is 34.1 Å². The van der Waals surface area contributed by atoms with Gasteiger partial charge in [-0.25, -0.2) is 12.7 Å². The zero-order chi connectivity index (χ0) is 14.0. The molecular formula is C12H14BrNO4S. The molecule has 1 aliphatic rings. The molecule has 1 aromatic carbocycles. The maximum Gasteiger partial charge on any atom is 0.307 e. The van der Waals surface area contributed by atoms with Crippen molar-refractivity contribution in [2.24, 2.45) is 5.92 Å². The highest BCUT2D eigenvalue weighted by atomic mass is 79.9. The third-order valence-electron chi connectivity index (χ3n) is 3.19. The Morgan fingerprint density at radius 2 is 2.11 bits per heavy atom. The molecule has 104 valence electrons. The van der Waals surface area contributed by atoms with Crippen molar-refractivity contribution in [3.8, 4) is 0 Å². The molecule has 0 amide bonds. The Kier molecular flexibility index (Phi) is 4.27. The first kappa shape index (κ1) is 14.5. The lowest BCUT2D eigenvalue weighted by Gasteiger charge is -2.16. The molecule has 1 atom stereocenters. The average Bonchev–Trinajstić information content (AvgIpc) is 2.82. The summed E-state index contributed by atoms with van der Waals surface area (Å²) < 4.78 is 26.5. The number of hydrogen-bond acceptors (Lipinski definition) is 3. The highest BCUT2D eigenvalue weighted by Crippen LogP contribution is 2.24. The van der Waals surface area contributed by atoms with Crippen molar-refractivity contribution in [1.29, 1.82) is 0 Å². The van der Waals surface area contributed by atoms with Crippen molar-refractivity contribution >= 4 is 31.9 Å². The Balaban J connectivity index is 2.12. The van der Waals surface area contributed by atoms with Crippen molar-refractivity contribution in [1.82, 2.24) is 4.31 Å². The lowest BCUT2D eigenvalue weighted by molar-refractivity contribution is -0.141. The van der Waals surface area contributed by atoms with Crippen molar-refractivity contribution in [2.75, 3.05) is 13.1 Å². The van der Waals surface area contributed by atoms with Gasteiger partial charge in [0.05, 0.1) is 11.7 Å². The van der Waals surface area contributed by atoms with E-state index in [1.165, 1.54) is 4.31 Å². The largest absolute Gasteiger partial charge is 0.481 e. The fourth-order valence-electron chi connectivity index (χ4n) is 2.09. The van der Waals surface area contributed by atoms with Crippen LogP contribution in [0, 0.1) is 5.92 Å². The van der Waals surface area contributed by atoms with E-state index in [0.717, 1.165) is 4.47 Å². The summed E-state index contributed by atoms with van der Waals surface area (Å²) in [6.07, 6.45) is 0.379. The monoisotopic (exact) mass is 347 g/mol. The molecule has 1 aliphatic heterocycles. The molecule has 5 nitrogen and oxygen atoms in total. The van der Waals surface area contributed by atoms with Crippen molar-refractivity contribution < 1.29 is 18.3 Å². The van der Waals surface area contributed by atoms with Crippen molar-refractivity contribution in [2.45, 2.75) is 12.2 Å². The van der Waals surface area contributed by atoms with Crippen LogP contribution in [0.4, 0.5) is 0 Å². The standard InChI is InChI=1S/C12H14BrNO4S/c13-11-4-2-1-3-10(11)8-19(17,18)14-6-5-9(7-14)12(15)16/h1-4,9H,5-8H2,(H,15,16). The van der Waals surface area contributed by atoms with E-state index in [1.807, 2.05) is 6.07 Å². The highest BCUT2D eigenvalue weighted by molar-refractivity contribution is 9.10. The smallest absolute Gasteiger partial charge is 0.307 e. The van der Waals surface area contributed by atoms with Gasteiger partial charge in [0, 0.05) is 17.6 Å². The summed E-state index contributed by atoms with van der Waals surface area (Å²) in [5.74, 6) is -1.63. The molecule has 0 saturated carbocycles. The van der Waals surface area contributed by atoms with Crippen LogP contribution < -0.4 is 0 Å². The van der Waals surface area contributed by atoms with Crippen molar-refractivity contribution in [3.05, 3.63) is 34.3 Å². The number of aliphatic carboxylic acids is 1. The predicted molar refractivity (Wildman–Crippen MR) is 74.1 cm³/mol. The van der Waals surface area contributed by atoms with Gasteiger partial charge in [-0.15, -0.1) is 0 Å². The Hall–Kier alpha value is -0.920. The quantitative estimate of drug-likeness (QED) is 0.899. The predicted octanol–water partition coefficient (Wildman–Crippen LogP) is 1.69. The van der Waals surface area contributed by atoms with Crippen LogP contribution in [0.2, 0.25) is 0 Å². The molecule has 1 saturated heterocycles. The van der Waals surface area contributed by atoms with Crippen LogP contribution in [-0.2, 0) is 20.6 Å².